The number of rotatable bonds is 4. The Morgan fingerprint density at radius 2 is 2.00 bits per heavy atom. The molecule has 0 unspecified atom stereocenters. The molecule has 124 valence electrons. The normalized spacial score (nSPS) is 11.1. The molecule has 3 rings (SSSR count). The molecule has 0 saturated heterocycles. The van der Waals surface area contributed by atoms with Crippen molar-refractivity contribution in [3.8, 4) is 17.0 Å². The SMILES string of the molecule is CCc1c(-c2ccc3c(ccn3CC)c2)[nH]c(=O)c(C(=O)O)c1O. The van der Waals surface area contributed by atoms with Gasteiger partial charge in [-0.1, -0.05) is 13.0 Å². The Bertz CT molecular complexity index is 998. The predicted molar refractivity (Wildman–Crippen MR) is 91.7 cm³/mol. The number of aromatic carboxylic acids is 1. The molecular weight excluding hydrogens is 308 g/mol. The number of aromatic hydroxyl groups is 1. The first-order valence-electron chi connectivity index (χ1n) is 7.78. The van der Waals surface area contributed by atoms with Crippen LogP contribution in [0.25, 0.3) is 22.2 Å². The van der Waals surface area contributed by atoms with Gasteiger partial charge in [0.1, 0.15) is 5.75 Å². The van der Waals surface area contributed by atoms with Crippen molar-refractivity contribution in [2.24, 2.45) is 0 Å². The molecule has 3 N–H and O–H groups in total. The van der Waals surface area contributed by atoms with Gasteiger partial charge in [-0.25, -0.2) is 4.79 Å². The number of nitrogens with zero attached hydrogens (tertiary/aromatic N) is 1. The highest BCUT2D eigenvalue weighted by atomic mass is 16.4. The van der Waals surface area contributed by atoms with Gasteiger partial charge in [0.25, 0.3) is 5.56 Å². The average molecular weight is 326 g/mol. The molecule has 0 atom stereocenters. The lowest BCUT2D eigenvalue weighted by molar-refractivity contribution is 0.0691. The van der Waals surface area contributed by atoms with Crippen LogP contribution in [0.3, 0.4) is 0 Å². The Hall–Kier alpha value is -3.02. The van der Waals surface area contributed by atoms with E-state index in [1.54, 1.807) is 6.92 Å². The van der Waals surface area contributed by atoms with E-state index in [1.807, 2.05) is 30.5 Å². The number of hydrogen-bond donors (Lipinski definition) is 3. The van der Waals surface area contributed by atoms with Gasteiger partial charge in [0.2, 0.25) is 0 Å². The van der Waals surface area contributed by atoms with Crippen molar-refractivity contribution in [3.63, 3.8) is 0 Å². The molecule has 24 heavy (non-hydrogen) atoms. The van der Waals surface area contributed by atoms with Crippen molar-refractivity contribution in [1.29, 1.82) is 0 Å². The summed E-state index contributed by atoms with van der Waals surface area (Å²) in [5, 5.41) is 20.4. The number of aryl methyl sites for hydroxylation is 1. The number of nitrogens with one attached hydrogen (secondary N) is 1. The third kappa shape index (κ3) is 2.36. The van der Waals surface area contributed by atoms with Gasteiger partial charge in [0, 0.05) is 29.2 Å². The Morgan fingerprint density at radius 3 is 2.62 bits per heavy atom. The van der Waals surface area contributed by atoms with E-state index in [4.69, 9.17) is 5.11 Å². The number of carbonyl (C=O) groups is 1. The molecule has 0 amide bonds. The molecule has 0 aliphatic carbocycles. The number of pyridine rings is 1. The minimum absolute atomic E-state index is 0.395. The molecular formula is C18H18N2O4. The third-order valence-electron chi connectivity index (χ3n) is 4.26. The Kier molecular flexibility index (Phi) is 3.89. The quantitative estimate of drug-likeness (QED) is 0.687. The van der Waals surface area contributed by atoms with Gasteiger partial charge in [-0.3, -0.25) is 4.79 Å². The number of carboxylic acids is 1. The zero-order chi connectivity index (χ0) is 17.4. The Labute approximate surface area is 138 Å². The minimum atomic E-state index is -1.44. The summed E-state index contributed by atoms with van der Waals surface area (Å²) in [6.45, 7) is 4.71. The Balaban J connectivity index is 2.26. The highest BCUT2D eigenvalue weighted by Crippen LogP contribution is 2.31. The van der Waals surface area contributed by atoms with Crippen LogP contribution in [0.15, 0.2) is 35.3 Å². The summed E-state index contributed by atoms with van der Waals surface area (Å²) in [7, 11) is 0. The number of aromatic nitrogens is 2. The number of aromatic amines is 1. The van der Waals surface area contributed by atoms with Crippen molar-refractivity contribution in [2.45, 2.75) is 26.8 Å². The van der Waals surface area contributed by atoms with Crippen LogP contribution in [-0.4, -0.2) is 25.7 Å². The van der Waals surface area contributed by atoms with Crippen molar-refractivity contribution in [3.05, 3.63) is 51.9 Å². The van der Waals surface area contributed by atoms with Crippen LogP contribution in [0, 0.1) is 0 Å². The maximum atomic E-state index is 12.1. The van der Waals surface area contributed by atoms with Crippen LogP contribution in [-0.2, 0) is 13.0 Å². The summed E-state index contributed by atoms with van der Waals surface area (Å²) in [5.41, 5.74) is 1.26. The summed E-state index contributed by atoms with van der Waals surface area (Å²) in [5.74, 6) is -1.90. The largest absolute Gasteiger partial charge is 0.506 e. The zero-order valence-electron chi connectivity index (χ0n) is 13.5. The summed E-state index contributed by atoms with van der Waals surface area (Å²) in [4.78, 5) is 25.9. The second kappa shape index (κ2) is 5.88. The van der Waals surface area contributed by atoms with E-state index in [0.29, 0.717) is 17.7 Å². The van der Waals surface area contributed by atoms with Gasteiger partial charge >= 0.3 is 5.97 Å². The first-order valence-corrected chi connectivity index (χ1v) is 7.78. The van der Waals surface area contributed by atoms with Gasteiger partial charge in [-0.05, 0) is 37.1 Å². The van der Waals surface area contributed by atoms with Gasteiger partial charge < -0.3 is 19.8 Å². The average Bonchev–Trinajstić information content (AvgIpc) is 2.96. The van der Waals surface area contributed by atoms with Crippen LogP contribution in [0.5, 0.6) is 5.75 Å². The number of benzene rings is 1. The fraction of sp³-hybridized carbons (Fsp3) is 0.222. The summed E-state index contributed by atoms with van der Waals surface area (Å²) >= 11 is 0. The van der Waals surface area contributed by atoms with E-state index in [1.165, 1.54) is 0 Å². The molecule has 0 radical (unpaired) electrons. The van der Waals surface area contributed by atoms with Crippen LogP contribution >= 0.6 is 0 Å². The molecule has 2 heterocycles. The standard InChI is InChI=1S/C18H18N2O4/c1-3-12-15(19-17(22)14(16(12)21)18(23)24)11-5-6-13-10(9-11)7-8-20(13)4-2/h5-9H,3-4H2,1-2H3,(H,23,24)(H2,19,21,22). The van der Waals surface area contributed by atoms with Crippen LogP contribution in [0.2, 0.25) is 0 Å². The van der Waals surface area contributed by atoms with E-state index in [9.17, 15) is 14.7 Å². The molecule has 0 aliphatic heterocycles. The van der Waals surface area contributed by atoms with E-state index in [-0.39, 0.29) is 0 Å². The lowest BCUT2D eigenvalue weighted by atomic mass is 9.99. The third-order valence-corrected chi connectivity index (χ3v) is 4.26. The van der Waals surface area contributed by atoms with Crippen molar-refractivity contribution in [2.75, 3.05) is 0 Å². The molecule has 0 spiro atoms. The molecule has 0 aliphatic rings. The monoisotopic (exact) mass is 326 g/mol. The summed E-state index contributed by atoms with van der Waals surface area (Å²) < 4.78 is 2.10. The van der Waals surface area contributed by atoms with E-state index in [0.717, 1.165) is 23.0 Å². The summed E-state index contributed by atoms with van der Waals surface area (Å²) in [6.07, 6.45) is 2.38. The second-order valence-electron chi connectivity index (χ2n) is 5.57. The molecule has 0 saturated carbocycles. The second-order valence-corrected chi connectivity index (χ2v) is 5.57. The molecule has 3 aromatic rings. The first-order chi connectivity index (χ1) is 11.5. The van der Waals surface area contributed by atoms with Crippen LogP contribution < -0.4 is 5.56 Å². The van der Waals surface area contributed by atoms with E-state index >= 15 is 0 Å². The highest BCUT2D eigenvalue weighted by Gasteiger charge is 2.21. The smallest absolute Gasteiger partial charge is 0.345 e. The topological polar surface area (TPSA) is 95.3 Å². The first kappa shape index (κ1) is 15.9. The van der Waals surface area contributed by atoms with Crippen molar-refractivity contribution in [1.82, 2.24) is 9.55 Å². The number of H-pyrrole nitrogens is 1. The van der Waals surface area contributed by atoms with Crippen LogP contribution in [0.4, 0.5) is 0 Å². The van der Waals surface area contributed by atoms with Crippen molar-refractivity contribution >= 4 is 16.9 Å². The van der Waals surface area contributed by atoms with Crippen molar-refractivity contribution < 1.29 is 15.0 Å². The van der Waals surface area contributed by atoms with Gasteiger partial charge in [-0.15, -0.1) is 0 Å². The number of hydrogen-bond acceptors (Lipinski definition) is 3. The molecule has 6 heteroatoms. The van der Waals surface area contributed by atoms with Crippen LogP contribution in [0.1, 0.15) is 29.8 Å². The lowest BCUT2D eigenvalue weighted by Crippen LogP contribution is -2.20. The van der Waals surface area contributed by atoms with Gasteiger partial charge in [0.15, 0.2) is 5.56 Å². The fourth-order valence-electron chi connectivity index (χ4n) is 3.05. The lowest BCUT2D eigenvalue weighted by Gasteiger charge is -2.12. The molecule has 6 nitrogen and oxygen atoms in total. The predicted octanol–water partition coefficient (Wildman–Crippen LogP) is 2.98. The number of carboxylic acid groups (broad SMARTS) is 1. The molecule has 1 aromatic carbocycles. The zero-order valence-corrected chi connectivity index (χ0v) is 13.5. The minimum Gasteiger partial charge on any atom is -0.506 e. The summed E-state index contributed by atoms with van der Waals surface area (Å²) in [6, 6.07) is 7.72. The molecule has 0 bridgehead atoms. The molecule has 0 fully saturated rings. The van der Waals surface area contributed by atoms with Gasteiger partial charge in [0.05, 0.1) is 5.69 Å². The van der Waals surface area contributed by atoms with Gasteiger partial charge in [-0.2, -0.15) is 0 Å². The molecule has 2 aromatic heterocycles. The maximum absolute atomic E-state index is 12.1. The maximum Gasteiger partial charge on any atom is 0.345 e. The fourth-order valence-corrected chi connectivity index (χ4v) is 3.05. The van der Waals surface area contributed by atoms with E-state index < -0.39 is 22.8 Å². The van der Waals surface area contributed by atoms with E-state index in [2.05, 4.69) is 16.5 Å². The highest BCUT2D eigenvalue weighted by molar-refractivity contribution is 5.92. The Morgan fingerprint density at radius 1 is 1.25 bits per heavy atom. The number of fused-ring (bicyclic) bond motifs is 1.